The molecule has 12 heteroatoms. The number of thiophene rings is 1. The second-order valence-electron chi connectivity index (χ2n) is 13.7. The third-order valence-corrected chi connectivity index (χ3v) is 11.4. The van der Waals surface area contributed by atoms with Gasteiger partial charge in [0.05, 0.1) is 32.1 Å². The summed E-state index contributed by atoms with van der Waals surface area (Å²) in [5.74, 6) is -0.410. The molecule has 10 nitrogen and oxygen atoms in total. The third-order valence-electron chi connectivity index (χ3n) is 9.15. The van der Waals surface area contributed by atoms with Crippen molar-refractivity contribution in [3.63, 3.8) is 0 Å². The van der Waals surface area contributed by atoms with Gasteiger partial charge in [0.15, 0.2) is 11.5 Å². The van der Waals surface area contributed by atoms with E-state index in [1.54, 1.807) is 73.7 Å². The van der Waals surface area contributed by atoms with Gasteiger partial charge in [-0.05, 0) is 85.6 Å². The van der Waals surface area contributed by atoms with E-state index in [-0.39, 0.29) is 17.0 Å². The summed E-state index contributed by atoms with van der Waals surface area (Å²) in [5, 5.41) is 8.60. The fourth-order valence-electron chi connectivity index (χ4n) is 6.17. The Morgan fingerprint density at radius 2 is 1.66 bits per heavy atom. The minimum atomic E-state index is -0.571. The molecule has 2 unspecified atom stereocenters. The quantitative estimate of drug-likeness (QED) is 0.0749. The minimum absolute atomic E-state index is 0.0231. The van der Waals surface area contributed by atoms with Crippen LogP contribution in [0.5, 0.6) is 11.5 Å². The van der Waals surface area contributed by atoms with E-state index < -0.39 is 23.0 Å². The van der Waals surface area contributed by atoms with Crippen LogP contribution in [0.15, 0.2) is 83.4 Å². The highest BCUT2D eigenvalue weighted by Gasteiger charge is 2.34. The number of ether oxygens (including phenoxy) is 3. The average Bonchev–Trinajstić information content (AvgIpc) is 3.51. The van der Waals surface area contributed by atoms with Crippen LogP contribution in [-0.4, -0.2) is 50.3 Å². The van der Waals surface area contributed by atoms with Crippen molar-refractivity contribution >= 4 is 63.6 Å². The lowest BCUT2D eigenvalue weighted by atomic mass is 9.72. The molecule has 1 aromatic heterocycles. The summed E-state index contributed by atoms with van der Waals surface area (Å²) in [4.78, 5) is 55.3. The van der Waals surface area contributed by atoms with Crippen molar-refractivity contribution in [3.05, 3.63) is 106 Å². The summed E-state index contributed by atoms with van der Waals surface area (Å²) in [5.41, 5.74) is 2.88. The van der Waals surface area contributed by atoms with Crippen LogP contribution in [0.3, 0.4) is 0 Å². The number of methoxy groups -OCH3 is 3. The van der Waals surface area contributed by atoms with Crippen LogP contribution in [-0.2, 0) is 27.2 Å². The van der Waals surface area contributed by atoms with Crippen molar-refractivity contribution in [1.29, 1.82) is 0 Å². The molecule has 3 N–H and O–H groups in total. The van der Waals surface area contributed by atoms with Crippen LogP contribution in [0.1, 0.15) is 70.8 Å². The number of amides is 3. The predicted octanol–water partition coefficient (Wildman–Crippen LogP) is 8.23. The Morgan fingerprint density at radius 1 is 0.925 bits per heavy atom. The zero-order valence-electron chi connectivity index (χ0n) is 31.0. The van der Waals surface area contributed by atoms with Crippen LogP contribution in [0.25, 0.3) is 6.08 Å². The highest BCUT2D eigenvalue weighted by Crippen LogP contribution is 2.45. The van der Waals surface area contributed by atoms with Gasteiger partial charge < -0.3 is 30.2 Å². The van der Waals surface area contributed by atoms with Gasteiger partial charge in [-0.1, -0.05) is 57.2 Å². The van der Waals surface area contributed by atoms with Gasteiger partial charge in [0.2, 0.25) is 5.91 Å². The molecule has 278 valence electrons. The average molecular weight is 756 g/mol. The van der Waals surface area contributed by atoms with Gasteiger partial charge in [0.1, 0.15) is 10.7 Å². The summed E-state index contributed by atoms with van der Waals surface area (Å²) in [6.07, 6.45) is 4.11. The number of rotatable bonds is 12. The number of fused-ring (bicyclic) bond motifs is 1. The van der Waals surface area contributed by atoms with E-state index >= 15 is 0 Å². The number of para-hydroxylation sites is 1. The number of nitrogens with one attached hydrogen (secondary N) is 3. The van der Waals surface area contributed by atoms with Crippen molar-refractivity contribution in [2.45, 2.75) is 57.1 Å². The lowest BCUT2D eigenvalue weighted by Gasteiger charge is -2.33. The maximum Gasteiger partial charge on any atom is 0.341 e. The smallest absolute Gasteiger partial charge is 0.341 e. The summed E-state index contributed by atoms with van der Waals surface area (Å²) >= 11 is 2.77. The number of hydrogen-bond donors (Lipinski definition) is 3. The van der Waals surface area contributed by atoms with Crippen LogP contribution in [0.2, 0.25) is 0 Å². The number of benzene rings is 3. The van der Waals surface area contributed by atoms with Gasteiger partial charge in [0.25, 0.3) is 11.8 Å². The number of carbonyl (C=O) groups is 4. The molecule has 3 aromatic carbocycles. The Hall–Kier alpha value is -5.07. The molecule has 0 fully saturated rings. The molecule has 0 bridgehead atoms. The maximum absolute atomic E-state index is 13.8. The fourth-order valence-corrected chi connectivity index (χ4v) is 8.42. The predicted molar refractivity (Wildman–Crippen MR) is 211 cm³/mol. The highest BCUT2D eigenvalue weighted by molar-refractivity contribution is 8.00. The molecule has 0 saturated carbocycles. The minimum Gasteiger partial charge on any atom is -0.493 e. The molecular formula is C41H45N3O7S2. The second kappa shape index (κ2) is 17.2. The summed E-state index contributed by atoms with van der Waals surface area (Å²) in [7, 11) is 4.37. The Bertz CT molecular complexity index is 2020. The van der Waals surface area contributed by atoms with E-state index in [4.69, 9.17) is 14.2 Å². The van der Waals surface area contributed by atoms with Crippen LogP contribution < -0.4 is 25.4 Å². The molecule has 2 atom stereocenters. The molecular weight excluding hydrogens is 711 g/mol. The van der Waals surface area contributed by atoms with Crippen molar-refractivity contribution in [2.75, 3.05) is 32.0 Å². The summed E-state index contributed by atoms with van der Waals surface area (Å²) in [6, 6.07) is 20.9. The Labute approximate surface area is 318 Å². The number of anilines is 2. The topological polar surface area (TPSA) is 132 Å². The van der Waals surface area contributed by atoms with Gasteiger partial charge in [-0.25, -0.2) is 4.79 Å². The highest BCUT2D eigenvalue weighted by atomic mass is 32.2. The normalized spacial score (nSPS) is 14.7. The Kier molecular flexibility index (Phi) is 12.7. The van der Waals surface area contributed by atoms with E-state index in [0.29, 0.717) is 44.8 Å². The monoisotopic (exact) mass is 755 g/mol. The first-order valence-corrected chi connectivity index (χ1v) is 18.9. The van der Waals surface area contributed by atoms with E-state index in [1.807, 2.05) is 6.07 Å². The van der Waals surface area contributed by atoms with E-state index in [1.165, 1.54) is 50.5 Å². The number of thioether (sulfide) groups is 1. The molecule has 3 amide bonds. The van der Waals surface area contributed by atoms with Gasteiger partial charge in [0, 0.05) is 26.6 Å². The largest absolute Gasteiger partial charge is 0.493 e. The first-order chi connectivity index (χ1) is 25.3. The number of hydrogen-bond acceptors (Lipinski definition) is 9. The van der Waals surface area contributed by atoms with Crippen LogP contribution in [0.4, 0.5) is 10.7 Å². The molecule has 0 spiro atoms. The first kappa shape index (κ1) is 39.1. The molecule has 1 aliphatic carbocycles. The molecule has 1 heterocycles. The van der Waals surface area contributed by atoms with Gasteiger partial charge >= 0.3 is 5.97 Å². The molecule has 5 rings (SSSR count). The van der Waals surface area contributed by atoms with E-state index in [9.17, 15) is 19.2 Å². The molecule has 0 saturated heterocycles. The molecule has 1 aliphatic rings. The first-order valence-electron chi connectivity index (χ1n) is 17.2. The summed E-state index contributed by atoms with van der Waals surface area (Å²) < 4.78 is 16.1. The molecule has 0 aliphatic heterocycles. The second-order valence-corrected chi connectivity index (χ2v) is 16.2. The Morgan fingerprint density at radius 3 is 2.34 bits per heavy atom. The third kappa shape index (κ3) is 9.49. The standard InChI is InChI=1S/C41H45N3O7S2/c1-24(36(45)44-39-34(40(48)51-7)30-20-19-27(41(2,3)4)22-33(30)53-39)52-29-17-12-16-28(23-29)42-38(47)31(43-37(46)25-13-9-8-10-14-25)21-26-15-11-18-32(49-5)35(26)50-6/h8-18,21,23-24,27H,19-20,22H2,1-7H3,(H,42,47)(H,43,46)(H,44,45)/b31-21+. The van der Waals surface area contributed by atoms with Crippen LogP contribution >= 0.6 is 23.1 Å². The van der Waals surface area contributed by atoms with Crippen LogP contribution in [0, 0.1) is 11.3 Å². The SMILES string of the molecule is COC(=O)c1c(NC(=O)C(C)Sc2cccc(NC(=O)/C(=C\c3cccc(OC)c3OC)NC(=O)c3ccccc3)c2)sc2c1CCC(C(C)(C)C)C2. The maximum atomic E-state index is 13.8. The number of carbonyl (C=O) groups excluding carboxylic acids is 4. The number of esters is 1. The van der Waals surface area contributed by atoms with Crippen molar-refractivity contribution < 1.29 is 33.4 Å². The summed E-state index contributed by atoms with van der Waals surface area (Å²) in [6.45, 7) is 8.49. The zero-order valence-corrected chi connectivity index (χ0v) is 32.6. The lowest BCUT2D eigenvalue weighted by Crippen LogP contribution is -2.30. The van der Waals surface area contributed by atoms with Crippen molar-refractivity contribution in [1.82, 2.24) is 5.32 Å². The molecule has 4 aromatic rings. The zero-order chi connectivity index (χ0) is 38.3. The van der Waals surface area contributed by atoms with Crippen molar-refractivity contribution in [3.8, 4) is 11.5 Å². The fraction of sp³-hybridized carbons (Fsp3) is 0.317. The lowest BCUT2D eigenvalue weighted by molar-refractivity contribution is -0.115. The van der Waals surface area contributed by atoms with Crippen molar-refractivity contribution in [2.24, 2.45) is 11.3 Å². The van der Waals surface area contributed by atoms with Gasteiger partial charge in [-0.15, -0.1) is 23.1 Å². The van der Waals surface area contributed by atoms with Gasteiger partial charge in [-0.2, -0.15) is 0 Å². The van der Waals surface area contributed by atoms with E-state index in [0.717, 1.165) is 34.6 Å². The molecule has 53 heavy (non-hydrogen) atoms. The Balaban J connectivity index is 1.33. The van der Waals surface area contributed by atoms with Gasteiger partial charge in [-0.3, -0.25) is 14.4 Å². The molecule has 0 radical (unpaired) electrons. The van der Waals surface area contributed by atoms with E-state index in [2.05, 4.69) is 36.7 Å².